The highest BCUT2D eigenvalue weighted by molar-refractivity contribution is 7.91. The van der Waals surface area contributed by atoms with Crippen LogP contribution in [0.3, 0.4) is 0 Å². The summed E-state index contributed by atoms with van der Waals surface area (Å²) in [6.07, 6.45) is 1.80. The van der Waals surface area contributed by atoms with E-state index in [0.29, 0.717) is 18.7 Å². The summed E-state index contributed by atoms with van der Waals surface area (Å²) in [5.41, 5.74) is 5.46. The van der Waals surface area contributed by atoms with Gasteiger partial charge in [0.15, 0.2) is 9.84 Å². The van der Waals surface area contributed by atoms with Gasteiger partial charge in [-0.05, 0) is 67.4 Å². The average Bonchev–Trinajstić information content (AvgIpc) is 3.19. The molecule has 0 saturated carbocycles. The molecule has 0 bridgehead atoms. The van der Waals surface area contributed by atoms with E-state index in [2.05, 4.69) is 26.7 Å². The number of aryl methyl sites for hydroxylation is 2. The molecule has 2 aromatic heterocycles. The first kappa shape index (κ1) is 22.9. The standard InChI is InChI=1S/C25H28N4O3S/c1-5-33(31,32)18-8-6-7-17(12-18)20-13-19(25(30)27-10-9-26-4)16(3)23-22(20)21-11-15(2)14-28-24(21)29-23/h6-8,11-14,26H,5,9-10H2,1-4H3,(H,27,30)(H,28,29). The third kappa shape index (κ3) is 4.24. The minimum Gasteiger partial charge on any atom is -0.351 e. The van der Waals surface area contributed by atoms with Gasteiger partial charge in [0, 0.05) is 35.6 Å². The van der Waals surface area contributed by atoms with Crippen molar-refractivity contribution in [1.29, 1.82) is 0 Å². The lowest BCUT2D eigenvalue weighted by molar-refractivity contribution is 0.0953. The number of amides is 1. The Labute approximate surface area is 193 Å². The summed E-state index contributed by atoms with van der Waals surface area (Å²) in [6, 6.07) is 10.8. The van der Waals surface area contributed by atoms with Gasteiger partial charge >= 0.3 is 0 Å². The Morgan fingerprint density at radius 1 is 1.12 bits per heavy atom. The van der Waals surface area contributed by atoms with Crippen molar-refractivity contribution in [3.63, 3.8) is 0 Å². The first-order valence-corrected chi connectivity index (χ1v) is 12.6. The fourth-order valence-corrected chi connectivity index (χ4v) is 5.00. The lowest BCUT2D eigenvalue weighted by Gasteiger charge is -2.14. The highest BCUT2D eigenvalue weighted by atomic mass is 32.2. The van der Waals surface area contributed by atoms with E-state index in [1.165, 1.54) is 0 Å². The van der Waals surface area contributed by atoms with Crippen LogP contribution in [0, 0.1) is 13.8 Å². The molecular weight excluding hydrogens is 436 g/mol. The summed E-state index contributed by atoms with van der Waals surface area (Å²) in [7, 11) is -1.54. The number of hydrogen-bond donors (Lipinski definition) is 3. The van der Waals surface area contributed by atoms with Crippen LogP contribution in [0.15, 0.2) is 47.5 Å². The second kappa shape index (κ2) is 8.96. The van der Waals surface area contributed by atoms with Gasteiger partial charge in [-0.2, -0.15) is 0 Å². The molecule has 0 aliphatic carbocycles. The molecule has 2 heterocycles. The Morgan fingerprint density at radius 3 is 2.64 bits per heavy atom. The van der Waals surface area contributed by atoms with E-state index in [1.54, 1.807) is 31.3 Å². The van der Waals surface area contributed by atoms with Gasteiger partial charge in [-0.25, -0.2) is 13.4 Å². The molecule has 8 heteroatoms. The van der Waals surface area contributed by atoms with Crippen LogP contribution < -0.4 is 10.6 Å². The summed E-state index contributed by atoms with van der Waals surface area (Å²) in [5, 5.41) is 7.83. The van der Waals surface area contributed by atoms with Gasteiger partial charge in [-0.3, -0.25) is 4.79 Å². The fraction of sp³-hybridized carbons (Fsp3) is 0.280. The number of fused-ring (bicyclic) bond motifs is 3. The summed E-state index contributed by atoms with van der Waals surface area (Å²) in [6.45, 7) is 6.69. The van der Waals surface area contributed by atoms with Gasteiger partial charge in [0.05, 0.1) is 16.2 Å². The third-order valence-electron chi connectivity index (χ3n) is 5.91. The molecule has 0 atom stereocenters. The maximum Gasteiger partial charge on any atom is 0.251 e. The van der Waals surface area contributed by atoms with Crippen LogP contribution in [0.2, 0.25) is 0 Å². The molecule has 7 nitrogen and oxygen atoms in total. The second-order valence-corrected chi connectivity index (χ2v) is 10.4. The zero-order chi connectivity index (χ0) is 23.8. The second-order valence-electron chi connectivity index (χ2n) is 8.17. The van der Waals surface area contributed by atoms with Crippen LogP contribution in [-0.2, 0) is 9.84 Å². The van der Waals surface area contributed by atoms with Crippen molar-refractivity contribution in [2.45, 2.75) is 25.7 Å². The monoisotopic (exact) mass is 464 g/mol. The van der Waals surface area contributed by atoms with Gasteiger partial charge in [-0.1, -0.05) is 19.1 Å². The number of likely N-dealkylation sites (N-methyl/N-ethyl adjacent to an activating group) is 1. The van der Waals surface area contributed by atoms with E-state index < -0.39 is 9.84 Å². The molecule has 0 aliphatic heterocycles. The Morgan fingerprint density at radius 2 is 1.91 bits per heavy atom. The van der Waals surface area contributed by atoms with Crippen LogP contribution in [0.5, 0.6) is 0 Å². The number of nitrogens with zero attached hydrogens (tertiary/aromatic N) is 1. The quantitative estimate of drug-likeness (QED) is 0.362. The number of carbonyl (C=O) groups is 1. The summed E-state index contributed by atoms with van der Waals surface area (Å²) < 4.78 is 25.1. The van der Waals surface area contributed by atoms with E-state index in [1.807, 2.05) is 33.0 Å². The lowest BCUT2D eigenvalue weighted by atomic mass is 9.93. The van der Waals surface area contributed by atoms with Gasteiger partial charge in [0.1, 0.15) is 5.65 Å². The summed E-state index contributed by atoms with van der Waals surface area (Å²) in [5.74, 6) is -0.152. The summed E-state index contributed by atoms with van der Waals surface area (Å²) in [4.78, 5) is 21.2. The molecule has 3 N–H and O–H groups in total. The Bertz CT molecular complexity index is 1470. The molecule has 0 aliphatic rings. The number of hydrogen-bond acceptors (Lipinski definition) is 5. The Kier molecular flexibility index (Phi) is 6.23. The molecule has 0 saturated heterocycles. The number of H-pyrrole nitrogens is 1. The van der Waals surface area contributed by atoms with Crippen molar-refractivity contribution in [3.8, 4) is 11.1 Å². The normalized spacial score (nSPS) is 11.9. The van der Waals surface area contributed by atoms with Crippen molar-refractivity contribution < 1.29 is 13.2 Å². The summed E-state index contributed by atoms with van der Waals surface area (Å²) >= 11 is 0. The Balaban J connectivity index is 2.02. The predicted molar refractivity (Wildman–Crippen MR) is 132 cm³/mol. The van der Waals surface area contributed by atoms with Crippen molar-refractivity contribution >= 4 is 37.7 Å². The topological polar surface area (TPSA) is 104 Å². The third-order valence-corrected chi connectivity index (χ3v) is 7.65. The number of benzene rings is 2. The average molecular weight is 465 g/mol. The molecule has 0 radical (unpaired) electrons. The maximum absolute atomic E-state index is 13.0. The molecule has 0 unspecified atom stereocenters. The molecular formula is C25H28N4O3S. The molecule has 172 valence electrons. The van der Waals surface area contributed by atoms with E-state index in [4.69, 9.17) is 0 Å². The van der Waals surface area contributed by atoms with E-state index in [0.717, 1.165) is 44.2 Å². The minimum atomic E-state index is -3.37. The molecule has 4 rings (SSSR count). The van der Waals surface area contributed by atoms with Crippen LogP contribution in [0.4, 0.5) is 0 Å². The highest BCUT2D eigenvalue weighted by Gasteiger charge is 2.21. The first-order valence-electron chi connectivity index (χ1n) is 10.9. The van der Waals surface area contributed by atoms with Crippen molar-refractivity contribution in [3.05, 3.63) is 59.3 Å². The van der Waals surface area contributed by atoms with Gasteiger partial charge in [-0.15, -0.1) is 0 Å². The fourth-order valence-electron chi connectivity index (χ4n) is 4.08. The molecule has 33 heavy (non-hydrogen) atoms. The van der Waals surface area contributed by atoms with Gasteiger partial charge in [0.25, 0.3) is 5.91 Å². The van der Waals surface area contributed by atoms with Crippen molar-refractivity contribution in [1.82, 2.24) is 20.6 Å². The largest absolute Gasteiger partial charge is 0.351 e. The number of rotatable bonds is 7. The van der Waals surface area contributed by atoms with E-state index >= 15 is 0 Å². The number of aromatic nitrogens is 2. The molecule has 0 fully saturated rings. The van der Waals surface area contributed by atoms with Crippen molar-refractivity contribution in [2.75, 3.05) is 25.9 Å². The van der Waals surface area contributed by atoms with Crippen LogP contribution >= 0.6 is 0 Å². The molecule has 2 aromatic carbocycles. The van der Waals surface area contributed by atoms with Crippen molar-refractivity contribution in [2.24, 2.45) is 0 Å². The number of pyridine rings is 1. The Hall–Kier alpha value is -3.23. The van der Waals surface area contributed by atoms with Gasteiger partial charge < -0.3 is 15.6 Å². The number of carbonyl (C=O) groups excluding carboxylic acids is 1. The zero-order valence-corrected chi connectivity index (χ0v) is 20.1. The minimum absolute atomic E-state index is 0.0229. The van der Waals surface area contributed by atoms with Gasteiger partial charge in [0.2, 0.25) is 0 Å². The predicted octanol–water partition coefficient (Wildman–Crippen LogP) is 3.74. The number of nitrogens with one attached hydrogen (secondary N) is 3. The maximum atomic E-state index is 13.0. The van der Waals surface area contributed by atoms with E-state index in [9.17, 15) is 13.2 Å². The van der Waals surface area contributed by atoms with Crippen LogP contribution in [0.1, 0.15) is 28.4 Å². The lowest BCUT2D eigenvalue weighted by Crippen LogP contribution is -2.30. The smallest absolute Gasteiger partial charge is 0.251 e. The number of aromatic amines is 1. The molecule has 0 spiro atoms. The molecule has 1 amide bonds. The zero-order valence-electron chi connectivity index (χ0n) is 19.2. The van der Waals surface area contributed by atoms with E-state index in [-0.39, 0.29) is 16.6 Å². The first-order chi connectivity index (χ1) is 15.8. The highest BCUT2D eigenvalue weighted by Crippen LogP contribution is 2.38. The molecule has 4 aromatic rings. The SMILES string of the molecule is CCS(=O)(=O)c1cccc(-c2cc(C(=O)NCCNC)c(C)c3[nH]c4ncc(C)cc4c23)c1. The van der Waals surface area contributed by atoms with Crippen LogP contribution in [-0.4, -0.2) is 50.2 Å². The van der Waals surface area contributed by atoms with Crippen LogP contribution in [0.25, 0.3) is 33.1 Å². The number of sulfone groups is 1.